The van der Waals surface area contributed by atoms with Crippen molar-refractivity contribution in [1.29, 1.82) is 0 Å². The Balaban J connectivity index is 2.06. The number of aromatic nitrogens is 2. The molecule has 1 saturated heterocycles. The van der Waals surface area contributed by atoms with E-state index < -0.39 is 5.97 Å². The van der Waals surface area contributed by atoms with E-state index in [2.05, 4.69) is 29.9 Å². The third-order valence-electron chi connectivity index (χ3n) is 3.97. The summed E-state index contributed by atoms with van der Waals surface area (Å²) in [5, 5.41) is 13.7. The minimum atomic E-state index is -0.673. The molecule has 0 aliphatic carbocycles. The van der Waals surface area contributed by atoms with Gasteiger partial charge in [-0.1, -0.05) is 13.8 Å². The zero-order valence-electron chi connectivity index (χ0n) is 12.0. The summed E-state index contributed by atoms with van der Waals surface area (Å²) in [6.07, 6.45) is 0.939. The summed E-state index contributed by atoms with van der Waals surface area (Å²) in [4.78, 5) is 13.4. The van der Waals surface area contributed by atoms with Gasteiger partial charge >= 0.3 is 5.97 Å². The van der Waals surface area contributed by atoms with E-state index in [4.69, 9.17) is 5.11 Å². The Morgan fingerprint density at radius 2 is 2.21 bits per heavy atom. The molecule has 0 amide bonds. The van der Waals surface area contributed by atoms with E-state index in [1.807, 2.05) is 11.6 Å². The molecule has 0 spiro atoms. The average molecular weight is 265 g/mol. The summed E-state index contributed by atoms with van der Waals surface area (Å²) in [6, 6.07) is 2.14. The molecule has 1 fully saturated rings. The van der Waals surface area contributed by atoms with Crippen molar-refractivity contribution in [2.75, 3.05) is 13.1 Å². The zero-order chi connectivity index (χ0) is 14.0. The van der Waals surface area contributed by atoms with Gasteiger partial charge in [-0.2, -0.15) is 5.10 Å². The molecule has 1 aromatic heterocycles. The number of hydrogen-bond acceptors (Lipinski definition) is 3. The zero-order valence-corrected chi connectivity index (χ0v) is 12.0. The molecule has 106 valence electrons. The smallest absolute Gasteiger partial charge is 0.308 e. The molecule has 1 aromatic rings. The predicted molar refractivity (Wildman–Crippen MR) is 72.8 cm³/mol. The lowest BCUT2D eigenvalue weighted by Crippen LogP contribution is -2.24. The van der Waals surface area contributed by atoms with Gasteiger partial charge in [0.15, 0.2) is 0 Å². The molecule has 0 unspecified atom stereocenters. The number of carbonyl (C=O) groups is 1. The van der Waals surface area contributed by atoms with Crippen LogP contribution in [0.5, 0.6) is 0 Å². The Morgan fingerprint density at radius 1 is 1.47 bits per heavy atom. The lowest BCUT2D eigenvalue weighted by atomic mass is 9.99. The van der Waals surface area contributed by atoms with E-state index in [-0.39, 0.29) is 11.8 Å². The van der Waals surface area contributed by atoms with Gasteiger partial charge in [-0.25, -0.2) is 0 Å². The minimum absolute atomic E-state index is 0.223. The maximum absolute atomic E-state index is 11.1. The Labute approximate surface area is 114 Å². The van der Waals surface area contributed by atoms with Gasteiger partial charge < -0.3 is 5.11 Å². The summed E-state index contributed by atoms with van der Waals surface area (Å²) in [6.45, 7) is 9.37. The van der Waals surface area contributed by atoms with E-state index in [1.54, 1.807) is 0 Å². The van der Waals surface area contributed by atoms with Crippen molar-refractivity contribution in [1.82, 2.24) is 14.7 Å². The lowest BCUT2D eigenvalue weighted by molar-refractivity contribution is -0.142. The van der Waals surface area contributed by atoms with E-state index in [0.717, 1.165) is 31.7 Å². The van der Waals surface area contributed by atoms with Crippen LogP contribution in [-0.2, 0) is 24.3 Å². The fourth-order valence-corrected chi connectivity index (χ4v) is 2.84. The van der Waals surface area contributed by atoms with Crippen molar-refractivity contribution in [3.8, 4) is 0 Å². The summed E-state index contributed by atoms with van der Waals surface area (Å²) < 4.78 is 2.03. The molecule has 2 atom stereocenters. The molecular formula is C14H23N3O2. The number of rotatable bonds is 5. The molecule has 0 bridgehead atoms. The predicted octanol–water partition coefficient (Wildman–Crippen LogP) is 1.62. The fraction of sp³-hybridized carbons (Fsp3) is 0.714. The summed E-state index contributed by atoms with van der Waals surface area (Å²) in [5.41, 5.74) is 2.30. The third kappa shape index (κ3) is 2.97. The second kappa shape index (κ2) is 5.74. The largest absolute Gasteiger partial charge is 0.481 e. The van der Waals surface area contributed by atoms with Gasteiger partial charge in [-0.15, -0.1) is 0 Å². The van der Waals surface area contributed by atoms with Crippen molar-refractivity contribution >= 4 is 5.97 Å². The summed E-state index contributed by atoms with van der Waals surface area (Å²) in [7, 11) is 0. The van der Waals surface area contributed by atoms with E-state index in [0.29, 0.717) is 6.54 Å². The van der Waals surface area contributed by atoms with Crippen LogP contribution in [0.15, 0.2) is 6.07 Å². The van der Waals surface area contributed by atoms with Crippen LogP contribution in [0.3, 0.4) is 0 Å². The van der Waals surface area contributed by atoms with E-state index in [9.17, 15) is 4.79 Å². The van der Waals surface area contributed by atoms with Gasteiger partial charge in [0.05, 0.1) is 17.3 Å². The molecule has 19 heavy (non-hydrogen) atoms. The van der Waals surface area contributed by atoms with Crippen LogP contribution in [0, 0.1) is 11.8 Å². The highest BCUT2D eigenvalue weighted by Crippen LogP contribution is 2.24. The van der Waals surface area contributed by atoms with Gasteiger partial charge in [0, 0.05) is 26.2 Å². The topological polar surface area (TPSA) is 58.4 Å². The Kier molecular flexibility index (Phi) is 4.24. The lowest BCUT2D eigenvalue weighted by Gasteiger charge is -2.15. The van der Waals surface area contributed by atoms with Gasteiger partial charge in [0.1, 0.15) is 0 Å². The number of carboxylic acids is 1. The number of aliphatic carboxylic acids is 1. The standard InChI is InChI=1S/C14H23N3O2/c1-4-11-6-12(17(5-2)15-11)8-16-7-10(3)13(9-16)14(18)19/h6,10,13H,4-5,7-9H2,1-3H3,(H,18,19)/t10-,13-/m1/s1. The first-order chi connectivity index (χ1) is 9.05. The van der Waals surface area contributed by atoms with E-state index in [1.165, 1.54) is 5.69 Å². The highest BCUT2D eigenvalue weighted by atomic mass is 16.4. The van der Waals surface area contributed by atoms with Crippen LogP contribution in [0.25, 0.3) is 0 Å². The molecule has 1 N–H and O–H groups in total. The number of likely N-dealkylation sites (tertiary alicyclic amines) is 1. The van der Waals surface area contributed by atoms with Crippen molar-refractivity contribution in [3.63, 3.8) is 0 Å². The first-order valence-electron chi connectivity index (χ1n) is 7.05. The number of nitrogens with zero attached hydrogens (tertiary/aromatic N) is 3. The maximum Gasteiger partial charge on any atom is 0.308 e. The molecule has 5 heteroatoms. The Bertz CT molecular complexity index is 456. The van der Waals surface area contributed by atoms with Crippen molar-refractivity contribution < 1.29 is 9.90 Å². The quantitative estimate of drug-likeness (QED) is 0.879. The normalized spacial score (nSPS) is 23.9. The summed E-state index contributed by atoms with van der Waals surface area (Å²) in [5.74, 6) is -0.682. The SMILES string of the molecule is CCc1cc(CN2C[C@@H](C)[C@H](C(=O)O)C2)n(CC)n1. The van der Waals surface area contributed by atoms with Crippen LogP contribution in [-0.4, -0.2) is 38.8 Å². The third-order valence-corrected chi connectivity index (χ3v) is 3.97. The van der Waals surface area contributed by atoms with Gasteiger partial charge in [0.2, 0.25) is 0 Å². The van der Waals surface area contributed by atoms with Gasteiger partial charge in [-0.3, -0.25) is 14.4 Å². The minimum Gasteiger partial charge on any atom is -0.481 e. The van der Waals surface area contributed by atoms with Crippen LogP contribution in [0.4, 0.5) is 0 Å². The highest BCUT2D eigenvalue weighted by molar-refractivity contribution is 5.71. The summed E-state index contributed by atoms with van der Waals surface area (Å²) >= 11 is 0. The molecule has 2 rings (SSSR count). The van der Waals surface area contributed by atoms with Crippen LogP contribution in [0.1, 0.15) is 32.2 Å². The second-order valence-electron chi connectivity index (χ2n) is 5.41. The Hall–Kier alpha value is -1.36. The molecular weight excluding hydrogens is 242 g/mol. The molecule has 0 radical (unpaired) electrons. The first-order valence-corrected chi connectivity index (χ1v) is 7.05. The highest BCUT2D eigenvalue weighted by Gasteiger charge is 2.34. The number of hydrogen-bond donors (Lipinski definition) is 1. The first kappa shape index (κ1) is 14.1. The van der Waals surface area contributed by atoms with Gasteiger partial charge in [-0.05, 0) is 25.3 Å². The van der Waals surface area contributed by atoms with Crippen molar-refractivity contribution in [3.05, 3.63) is 17.5 Å². The van der Waals surface area contributed by atoms with Crippen LogP contribution >= 0.6 is 0 Å². The number of aryl methyl sites for hydroxylation is 2. The average Bonchev–Trinajstić information content (AvgIpc) is 2.93. The Morgan fingerprint density at radius 3 is 2.74 bits per heavy atom. The van der Waals surface area contributed by atoms with Crippen molar-refractivity contribution in [2.45, 2.75) is 40.3 Å². The molecule has 1 aliphatic heterocycles. The van der Waals surface area contributed by atoms with E-state index >= 15 is 0 Å². The molecule has 1 aliphatic rings. The molecule has 2 heterocycles. The van der Waals surface area contributed by atoms with Crippen LogP contribution in [0.2, 0.25) is 0 Å². The van der Waals surface area contributed by atoms with Crippen LogP contribution < -0.4 is 0 Å². The fourth-order valence-electron chi connectivity index (χ4n) is 2.84. The van der Waals surface area contributed by atoms with Crippen molar-refractivity contribution in [2.24, 2.45) is 11.8 Å². The molecule has 5 nitrogen and oxygen atoms in total. The molecule has 0 aromatic carbocycles. The number of carboxylic acid groups (broad SMARTS) is 1. The monoisotopic (exact) mass is 265 g/mol. The maximum atomic E-state index is 11.1. The second-order valence-corrected chi connectivity index (χ2v) is 5.41. The molecule has 0 saturated carbocycles. The van der Waals surface area contributed by atoms with Gasteiger partial charge in [0.25, 0.3) is 0 Å².